The quantitative estimate of drug-likeness (QED) is 0.902. The molecule has 0 aliphatic rings. The zero-order chi connectivity index (χ0) is 13.1. The summed E-state index contributed by atoms with van der Waals surface area (Å²) in [6.45, 7) is 6.00. The number of nitrogens with one attached hydrogen (secondary N) is 1. The molecule has 96 valence electrons. The number of rotatable bonds is 4. The largest absolute Gasteiger partial charge is 0.301 e. The number of halogens is 1. The molecule has 0 fully saturated rings. The van der Waals surface area contributed by atoms with E-state index in [2.05, 4.69) is 17.2 Å². The summed E-state index contributed by atoms with van der Waals surface area (Å²) in [5.74, 6) is -0.167. The first kappa shape index (κ1) is 13.2. The van der Waals surface area contributed by atoms with Gasteiger partial charge in [0.2, 0.25) is 0 Å². The van der Waals surface area contributed by atoms with Crippen molar-refractivity contribution in [3.63, 3.8) is 0 Å². The van der Waals surface area contributed by atoms with E-state index in [-0.39, 0.29) is 17.9 Å². The number of aromatic nitrogens is 1. The van der Waals surface area contributed by atoms with Crippen molar-refractivity contribution in [1.82, 2.24) is 10.3 Å². The highest BCUT2D eigenvalue weighted by molar-refractivity contribution is 7.09. The molecular formula is C14H17FN2S. The van der Waals surface area contributed by atoms with Gasteiger partial charge in [-0.3, -0.25) is 0 Å². The topological polar surface area (TPSA) is 24.9 Å². The van der Waals surface area contributed by atoms with Gasteiger partial charge in [-0.15, -0.1) is 11.3 Å². The normalized spacial score (nSPS) is 14.4. The highest BCUT2D eigenvalue weighted by Crippen LogP contribution is 2.23. The van der Waals surface area contributed by atoms with Gasteiger partial charge in [0.1, 0.15) is 10.8 Å². The Morgan fingerprint density at radius 1 is 1.22 bits per heavy atom. The third-order valence-corrected chi connectivity index (χ3v) is 4.02. The first-order valence-electron chi connectivity index (χ1n) is 6.00. The van der Waals surface area contributed by atoms with E-state index in [0.717, 1.165) is 10.7 Å². The summed E-state index contributed by atoms with van der Waals surface area (Å²) in [5, 5.41) is 6.44. The summed E-state index contributed by atoms with van der Waals surface area (Å²) in [4.78, 5) is 4.44. The SMILES string of the molecule is Cc1csc(C(C)NC(C)c2ccccc2F)n1. The molecule has 18 heavy (non-hydrogen) atoms. The molecule has 0 saturated heterocycles. The lowest BCUT2D eigenvalue weighted by Gasteiger charge is -2.19. The summed E-state index contributed by atoms with van der Waals surface area (Å²) >= 11 is 1.63. The first-order valence-corrected chi connectivity index (χ1v) is 6.88. The van der Waals surface area contributed by atoms with Gasteiger partial charge < -0.3 is 5.32 Å². The molecule has 0 spiro atoms. The molecule has 0 aliphatic carbocycles. The van der Waals surface area contributed by atoms with E-state index < -0.39 is 0 Å². The molecule has 0 radical (unpaired) electrons. The van der Waals surface area contributed by atoms with Gasteiger partial charge in [-0.05, 0) is 26.8 Å². The van der Waals surface area contributed by atoms with Crippen LogP contribution >= 0.6 is 11.3 Å². The second-order valence-corrected chi connectivity index (χ2v) is 5.35. The molecule has 1 N–H and O–H groups in total. The maximum absolute atomic E-state index is 13.6. The fourth-order valence-corrected chi connectivity index (χ4v) is 2.75. The van der Waals surface area contributed by atoms with E-state index in [1.165, 1.54) is 6.07 Å². The summed E-state index contributed by atoms with van der Waals surface area (Å²) in [6.07, 6.45) is 0. The van der Waals surface area contributed by atoms with Gasteiger partial charge >= 0.3 is 0 Å². The molecule has 1 aromatic heterocycles. The fraction of sp³-hybridized carbons (Fsp3) is 0.357. The molecule has 0 aliphatic heterocycles. The summed E-state index contributed by atoms with van der Waals surface area (Å²) in [6, 6.07) is 6.95. The van der Waals surface area contributed by atoms with Crippen LogP contribution in [0.15, 0.2) is 29.6 Å². The number of nitrogens with zero attached hydrogens (tertiary/aromatic N) is 1. The molecule has 2 aromatic rings. The van der Waals surface area contributed by atoms with Gasteiger partial charge in [0.25, 0.3) is 0 Å². The van der Waals surface area contributed by atoms with E-state index in [1.807, 2.05) is 31.4 Å². The number of thiazole rings is 1. The van der Waals surface area contributed by atoms with Crippen molar-refractivity contribution in [3.8, 4) is 0 Å². The Hall–Kier alpha value is -1.26. The van der Waals surface area contributed by atoms with Gasteiger partial charge in [0.15, 0.2) is 0 Å². The van der Waals surface area contributed by atoms with Crippen LogP contribution in [0.2, 0.25) is 0 Å². The van der Waals surface area contributed by atoms with Crippen LogP contribution in [0.3, 0.4) is 0 Å². The second-order valence-electron chi connectivity index (χ2n) is 4.46. The molecule has 4 heteroatoms. The van der Waals surface area contributed by atoms with E-state index in [4.69, 9.17) is 0 Å². The molecular weight excluding hydrogens is 247 g/mol. The third kappa shape index (κ3) is 2.94. The fourth-order valence-electron chi connectivity index (χ4n) is 1.93. The van der Waals surface area contributed by atoms with Crippen molar-refractivity contribution in [1.29, 1.82) is 0 Å². The van der Waals surface area contributed by atoms with E-state index in [1.54, 1.807) is 17.4 Å². The number of benzene rings is 1. The average Bonchev–Trinajstić information content (AvgIpc) is 2.76. The maximum atomic E-state index is 13.6. The van der Waals surface area contributed by atoms with Crippen LogP contribution in [-0.2, 0) is 0 Å². The third-order valence-electron chi connectivity index (χ3n) is 2.88. The summed E-state index contributed by atoms with van der Waals surface area (Å²) < 4.78 is 13.6. The van der Waals surface area contributed by atoms with Gasteiger partial charge in [-0.25, -0.2) is 9.37 Å². The Balaban J connectivity index is 2.08. The monoisotopic (exact) mass is 264 g/mol. The highest BCUT2D eigenvalue weighted by Gasteiger charge is 2.15. The van der Waals surface area contributed by atoms with Gasteiger partial charge in [0, 0.05) is 22.7 Å². The minimum atomic E-state index is -0.167. The van der Waals surface area contributed by atoms with Crippen molar-refractivity contribution >= 4 is 11.3 Å². The standard InChI is InChI=1S/C14H17FN2S/c1-9-8-18-14(16-9)11(3)17-10(2)12-6-4-5-7-13(12)15/h4-8,10-11,17H,1-3H3. The Labute approximate surface area is 111 Å². The van der Waals surface area contributed by atoms with E-state index in [9.17, 15) is 4.39 Å². The van der Waals surface area contributed by atoms with Crippen molar-refractivity contribution in [2.45, 2.75) is 32.9 Å². The lowest BCUT2D eigenvalue weighted by atomic mass is 10.1. The molecule has 0 bridgehead atoms. The van der Waals surface area contributed by atoms with Crippen LogP contribution in [0.25, 0.3) is 0 Å². The number of hydrogen-bond donors (Lipinski definition) is 1. The Bertz CT molecular complexity index is 524. The molecule has 1 heterocycles. The lowest BCUT2D eigenvalue weighted by Crippen LogP contribution is -2.23. The van der Waals surface area contributed by atoms with E-state index >= 15 is 0 Å². The second kappa shape index (κ2) is 5.59. The first-order chi connectivity index (χ1) is 8.58. The van der Waals surface area contributed by atoms with Crippen molar-refractivity contribution < 1.29 is 4.39 Å². The Kier molecular flexibility index (Phi) is 4.09. The Morgan fingerprint density at radius 3 is 2.56 bits per heavy atom. The molecule has 2 rings (SSSR count). The maximum Gasteiger partial charge on any atom is 0.127 e. The summed E-state index contributed by atoms with van der Waals surface area (Å²) in [5.41, 5.74) is 1.72. The molecule has 0 saturated carbocycles. The highest BCUT2D eigenvalue weighted by atomic mass is 32.1. The van der Waals surface area contributed by atoms with Crippen molar-refractivity contribution in [2.24, 2.45) is 0 Å². The average molecular weight is 264 g/mol. The van der Waals surface area contributed by atoms with Crippen LogP contribution < -0.4 is 5.32 Å². The van der Waals surface area contributed by atoms with Crippen LogP contribution in [-0.4, -0.2) is 4.98 Å². The lowest BCUT2D eigenvalue weighted by molar-refractivity contribution is 0.472. The zero-order valence-electron chi connectivity index (χ0n) is 10.8. The van der Waals surface area contributed by atoms with Crippen molar-refractivity contribution in [3.05, 3.63) is 51.7 Å². The van der Waals surface area contributed by atoms with Crippen LogP contribution in [0.4, 0.5) is 4.39 Å². The molecule has 2 nitrogen and oxygen atoms in total. The van der Waals surface area contributed by atoms with Crippen molar-refractivity contribution in [2.75, 3.05) is 0 Å². The minimum Gasteiger partial charge on any atom is -0.301 e. The van der Waals surface area contributed by atoms with Gasteiger partial charge in [-0.1, -0.05) is 18.2 Å². The zero-order valence-corrected chi connectivity index (χ0v) is 11.6. The van der Waals surface area contributed by atoms with Crippen LogP contribution in [0.1, 0.15) is 42.2 Å². The van der Waals surface area contributed by atoms with Crippen LogP contribution in [0, 0.1) is 12.7 Å². The minimum absolute atomic E-state index is 0.0367. The molecule has 1 aromatic carbocycles. The molecule has 0 amide bonds. The molecule has 2 atom stereocenters. The smallest absolute Gasteiger partial charge is 0.127 e. The summed E-state index contributed by atoms with van der Waals surface area (Å²) in [7, 11) is 0. The molecule has 2 unspecified atom stereocenters. The number of hydrogen-bond acceptors (Lipinski definition) is 3. The van der Waals surface area contributed by atoms with Gasteiger partial charge in [0.05, 0.1) is 6.04 Å². The number of aryl methyl sites for hydroxylation is 1. The van der Waals surface area contributed by atoms with E-state index in [0.29, 0.717) is 5.56 Å². The predicted octanol–water partition coefficient (Wildman–Crippen LogP) is 4.00. The van der Waals surface area contributed by atoms with Gasteiger partial charge in [-0.2, -0.15) is 0 Å². The van der Waals surface area contributed by atoms with Crippen LogP contribution in [0.5, 0.6) is 0 Å². The predicted molar refractivity (Wildman–Crippen MR) is 73.2 cm³/mol. The Morgan fingerprint density at radius 2 is 1.94 bits per heavy atom.